The summed E-state index contributed by atoms with van der Waals surface area (Å²) in [4.78, 5) is 35.4. The third-order valence-electron chi connectivity index (χ3n) is 6.05. The van der Waals surface area contributed by atoms with Crippen LogP contribution >= 0.6 is 11.3 Å². The van der Waals surface area contributed by atoms with Gasteiger partial charge < -0.3 is 14.8 Å². The molecule has 0 bridgehead atoms. The summed E-state index contributed by atoms with van der Waals surface area (Å²) in [6.45, 7) is 7.39. The van der Waals surface area contributed by atoms with Crippen molar-refractivity contribution in [1.82, 2.24) is 4.98 Å². The number of thiazole rings is 1. The number of hydrogen-bond donors (Lipinski definition) is 1. The fourth-order valence-electron chi connectivity index (χ4n) is 4.47. The van der Waals surface area contributed by atoms with E-state index in [9.17, 15) is 14.0 Å². The van der Waals surface area contributed by atoms with E-state index >= 15 is 0 Å². The van der Waals surface area contributed by atoms with E-state index in [0.29, 0.717) is 33.5 Å². The maximum atomic E-state index is 13.3. The third kappa shape index (κ3) is 5.61. The van der Waals surface area contributed by atoms with E-state index in [1.54, 1.807) is 39.8 Å². The van der Waals surface area contributed by atoms with Crippen molar-refractivity contribution >= 4 is 39.8 Å². The van der Waals surface area contributed by atoms with Crippen molar-refractivity contribution in [3.8, 4) is 11.3 Å². The number of benzene rings is 2. The van der Waals surface area contributed by atoms with E-state index in [1.807, 2.05) is 29.6 Å². The molecule has 4 rings (SSSR count). The second-order valence-electron chi connectivity index (χ2n) is 8.44. The maximum Gasteiger partial charge on any atom is 0.336 e. The van der Waals surface area contributed by atoms with Crippen molar-refractivity contribution < 1.29 is 23.5 Å². The molecule has 2 aromatic carbocycles. The fourth-order valence-corrected chi connectivity index (χ4v) is 5.20. The van der Waals surface area contributed by atoms with Gasteiger partial charge in [0.05, 0.1) is 24.5 Å². The van der Waals surface area contributed by atoms with Crippen molar-refractivity contribution in [3.05, 3.63) is 76.6 Å². The van der Waals surface area contributed by atoms with Gasteiger partial charge in [0, 0.05) is 34.0 Å². The number of carbonyl (C=O) groups is 2. The molecule has 2 atom stereocenters. The Hall–Kier alpha value is -3.85. The summed E-state index contributed by atoms with van der Waals surface area (Å²) in [6, 6.07) is 13.6. The van der Waals surface area contributed by atoms with Crippen LogP contribution in [0.25, 0.3) is 11.3 Å². The zero-order chi connectivity index (χ0) is 26.5. The second-order valence-corrected chi connectivity index (χ2v) is 9.30. The standard InChI is InChI=1S/C28H28FN3O4S/c1-5-35-26(33)23-16(3)30-17(4)24(27(34)36-6-2)25(23)20-9-7-8-10-21(20)31-28-32-22(15-37-28)18-11-13-19(29)14-12-18/h7-15,23,25H,5-6H2,1-4H3,(H,31,32). The Morgan fingerprint density at radius 1 is 1.03 bits per heavy atom. The summed E-state index contributed by atoms with van der Waals surface area (Å²) in [6.07, 6.45) is 0. The van der Waals surface area contributed by atoms with E-state index in [2.05, 4.69) is 15.3 Å². The number of ether oxygens (including phenoxy) is 2. The number of esters is 2. The molecule has 0 fully saturated rings. The first-order valence-corrected chi connectivity index (χ1v) is 12.9. The zero-order valence-corrected chi connectivity index (χ0v) is 21.9. The first-order valence-electron chi connectivity index (χ1n) is 12.0. The van der Waals surface area contributed by atoms with Gasteiger partial charge in [-0.3, -0.25) is 9.79 Å². The monoisotopic (exact) mass is 521 g/mol. The van der Waals surface area contributed by atoms with Gasteiger partial charge in [-0.1, -0.05) is 18.2 Å². The molecule has 2 heterocycles. The highest BCUT2D eigenvalue weighted by Crippen LogP contribution is 2.43. The van der Waals surface area contributed by atoms with E-state index in [0.717, 1.165) is 11.1 Å². The largest absolute Gasteiger partial charge is 0.465 e. The molecule has 0 aliphatic carbocycles. The number of nitrogens with one attached hydrogen (secondary N) is 1. The summed E-state index contributed by atoms with van der Waals surface area (Å²) in [5.41, 5.74) is 4.30. The van der Waals surface area contributed by atoms with Crippen LogP contribution in [0.4, 0.5) is 15.2 Å². The lowest BCUT2D eigenvalue weighted by Gasteiger charge is -2.32. The molecule has 1 aliphatic heterocycles. The maximum absolute atomic E-state index is 13.3. The molecule has 1 aromatic heterocycles. The first-order chi connectivity index (χ1) is 17.8. The van der Waals surface area contributed by atoms with Gasteiger partial charge in [-0.25, -0.2) is 14.2 Å². The second kappa shape index (κ2) is 11.5. The molecule has 2 unspecified atom stereocenters. The molecule has 192 valence electrons. The molecule has 0 spiro atoms. The van der Waals surface area contributed by atoms with Crippen LogP contribution < -0.4 is 5.32 Å². The lowest BCUT2D eigenvalue weighted by atomic mass is 9.75. The van der Waals surface area contributed by atoms with Gasteiger partial charge in [0.1, 0.15) is 11.7 Å². The van der Waals surface area contributed by atoms with Gasteiger partial charge in [0.2, 0.25) is 0 Å². The molecule has 0 radical (unpaired) electrons. The number of halogens is 1. The number of hydrogen-bond acceptors (Lipinski definition) is 8. The summed E-state index contributed by atoms with van der Waals surface area (Å²) in [7, 11) is 0. The molecule has 0 saturated carbocycles. The Labute approximate surface area is 219 Å². The van der Waals surface area contributed by atoms with Crippen LogP contribution in [0.3, 0.4) is 0 Å². The van der Waals surface area contributed by atoms with Crippen LogP contribution in [0.5, 0.6) is 0 Å². The van der Waals surface area contributed by atoms with E-state index in [4.69, 9.17) is 9.47 Å². The van der Waals surface area contributed by atoms with Crippen LogP contribution in [0.1, 0.15) is 39.2 Å². The molecule has 0 amide bonds. The Morgan fingerprint density at radius 3 is 2.43 bits per heavy atom. The predicted molar refractivity (Wildman–Crippen MR) is 143 cm³/mol. The van der Waals surface area contributed by atoms with Crippen molar-refractivity contribution in [1.29, 1.82) is 0 Å². The highest BCUT2D eigenvalue weighted by atomic mass is 32.1. The zero-order valence-electron chi connectivity index (χ0n) is 21.1. The van der Waals surface area contributed by atoms with E-state index < -0.39 is 23.8 Å². The van der Waals surface area contributed by atoms with Crippen molar-refractivity contribution in [2.45, 2.75) is 33.6 Å². The quantitative estimate of drug-likeness (QED) is 0.352. The van der Waals surface area contributed by atoms with E-state index in [1.165, 1.54) is 23.5 Å². The molecule has 0 saturated heterocycles. The van der Waals surface area contributed by atoms with Gasteiger partial charge in [0.15, 0.2) is 5.13 Å². The molecular weight excluding hydrogens is 493 g/mol. The minimum absolute atomic E-state index is 0.195. The minimum atomic E-state index is -0.794. The van der Waals surface area contributed by atoms with E-state index in [-0.39, 0.29) is 19.0 Å². The number of carbonyl (C=O) groups excluding carboxylic acids is 2. The van der Waals surface area contributed by atoms with Gasteiger partial charge in [-0.15, -0.1) is 11.3 Å². The topological polar surface area (TPSA) is 89.9 Å². The highest BCUT2D eigenvalue weighted by Gasteiger charge is 2.43. The average Bonchev–Trinajstić information content (AvgIpc) is 3.33. The number of para-hydroxylation sites is 1. The summed E-state index contributed by atoms with van der Waals surface area (Å²) in [5.74, 6) is -2.74. The number of rotatable bonds is 8. The minimum Gasteiger partial charge on any atom is -0.465 e. The number of anilines is 2. The first kappa shape index (κ1) is 26.2. The summed E-state index contributed by atoms with van der Waals surface area (Å²) >= 11 is 1.40. The highest BCUT2D eigenvalue weighted by molar-refractivity contribution is 7.14. The third-order valence-corrected chi connectivity index (χ3v) is 6.80. The normalized spacial score (nSPS) is 17.3. The molecule has 3 aromatic rings. The van der Waals surface area contributed by atoms with Crippen LogP contribution in [-0.2, 0) is 19.1 Å². The molecular formula is C28H28FN3O4S. The van der Waals surface area contributed by atoms with Gasteiger partial charge >= 0.3 is 11.9 Å². The Kier molecular flexibility index (Phi) is 8.13. The van der Waals surface area contributed by atoms with Crippen LogP contribution in [0.15, 0.2) is 70.2 Å². The smallest absolute Gasteiger partial charge is 0.336 e. The van der Waals surface area contributed by atoms with Gasteiger partial charge in [-0.05, 0) is 63.6 Å². The molecule has 1 aliphatic rings. The summed E-state index contributed by atoms with van der Waals surface area (Å²) in [5, 5.41) is 5.84. The Balaban J connectivity index is 1.76. The number of nitrogens with zero attached hydrogens (tertiary/aromatic N) is 2. The predicted octanol–water partition coefficient (Wildman–Crippen LogP) is 6.27. The Bertz CT molecular complexity index is 1360. The van der Waals surface area contributed by atoms with Crippen molar-refractivity contribution in [2.75, 3.05) is 18.5 Å². The molecule has 1 N–H and O–H groups in total. The lowest BCUT2D eigenvalue weighted by Crippen LogP contribution is -2.36. The Morgan fingerprint density at radius 2 is 1.73 bits per heavy atom. The van der Waals surface area contributed by atoms with Crippen LogP contribution in [0, 0.1) is 11.7 Å². The molecule has 9 heteroatoms. The van der Waals surface area contributed by atoms with Crippen molar-refractivity contribution in [2.24, 2.45) is 10.9 Å². The number of aromatic nitrogens is 1. The SMILES string of the molecule is CCOC(=O)C1=C(C)N=C(C)C(C(=O)OCC)C1c1ccccc1Nc1nc(-c2ccc(F)cc2)cs1. The van der Waals surface area contributed by atoms with Crippen molar-refractivity contribution in [3.63, 3.8) is 0 Å². The molecule has 7 nitrogen and oxygen atoms in total. The van der Waals surface area contributed by atoms with Gasteiger partial charge in [0.25, 0.3) is 0 Å². The van der Waals surface area contributed by atoms with Crippen LogP contribution in [0.2, 0.25) is 0 Å². The van der Waals surface area contributed by atoms with Crippen LogP contribution in [-0.4, -0.2) is 35.8 Å². The lowest BCUT2D eigenvalue weighted by molar-refractivity contribution is -0.146. The van der Waals surface area contributed by atoms with Gasteiger partial charge in [-0.2, -0.15) is 0 Å². The number of allylic oxidation sites excluding steroid dienone is 1. The molecule has 37 heavy (non-hydrogen) atoms. The fraction of sp³-hybridized carbons (Fsp3) is 0.286. The summed E-state index contributed by atoms with van der Waals surface area (Å²) < 4.78 is 24.1. The average molecular weight is 522 g/mol. The number of aliphatic imine (C=N–C) groups is 1.